The monoisotopic (exact) mass is 522 g/mol. The second-order valence-electron chi connectivity index (χ2n) is 10.6. The average molecular weight is 522 g/mol. The van der Waals surface area contributed by atoms with Crippen molar-refractivity contribution < 1.29 is 42.8 Å². The van der Waals surface area contributed by atoms with E-state index in [1.807, 2.05) is 6.07 Å². The molecule has 0 radical (unpaired) electrons. The number of hydrogen-bond acceptors (Lipinski definition) is 3. The molecular weight excluding hydrogens is 491 g/mol. The third-order valence-electron chi connectivity index (χ3n) is 9.82. The van der Waals surface area contributed by atoms with Crippen molar-refractivity contribution in [2.45, 2.75) is 62.4 Å². The van der Waals surface area contributed by atoms with Crippen LogP contribution in [0.1, 0.15) is 51.0 Å². The van der Waals surface area contributed by atoms with Crippen LogP contribution in [-0.2, 0) is 19.7 Å². The number of piperidine rings is 1. The first-order valence-electron chi connectivity index (χ1n) is 11.2. The lowest BCUT2D eigenvalue weighted by Crippen LogP contribution is -3.00. The average Bonchev–Trinajstić information content (AvgIpc) is 3.19. The highest BCUT2D eigenvalue weighted by Gasteiger charge is 2.85. The first-order valence-corrected chi connectivity index (χ1v) is 11.2. The second kappa shape index (κ2) is 6.21. The van der Waals surface area contributed by atoms with Gasteiger partial charge in [-0.15, -0.1) is 0 Å². The highest BCUT2D eigenvalue weighted by atomic mass is 127. The number of rotatable bonds is 1. The minimum absolute atomic E-state index is 0. The number of methoxy groups -OCH3 is 1. The number of carbonyl (C=O) groups excluding carboxylic acids is 2. The fraction of sp³-hybridized carbons (Fsp3) is 0.667. The minimum atomic E-state index is -0.477. The smallest absolute Gasteiger partial charge is 0.311 e. The molecule has 3 saturated carbocycles. The molecule has 3 aliphatic carbocycles. The molecule has 1 unspecified atom stereocenters. The Bertz CT molecular complexity index is 952. The van der Waals surface area contributed by atoms with Gasteiger partial charge in [0.25, 0.3) is 0 Å². The van der Waals surface area contributed by atoms with Gasteiger partial charge in [0.05, 0.1) is 44.1 Å². The van der Waals surface area contributed by atoms with E-state index in [0.717, 1.165) is 42.4 Å². The fourth-order valence-corrected chi connectivity index (χ4v) is 9.45. The standard InChI is InChI=1S/C24H31N2O3.HI/c1-16(27)25-19-8-5-4-7-17(19)23-12-14-26(2)13-6-9-22(21(23)26)10-11-24(23,25)18(15-22)20(28)29-3;/h4-5,7-8,18,21H,6,9-15H2,1-3H3;1H/q+1;/p-1/t18-,21+,22+,23+,24-,26?;/m0./s1. The van der Waals surface area contributed by atoms with E-state index in [1.54, 1.807) is 6.92 Å². The van der Waals surface area contributed by atoms with Gasteiger partial charge in [0.2, 0.25) is 5.91 Å². The quantitative estimate of drug-likeness (QED) is 0.297. The molecule has 0 N–H and O–H groups in total. The number of halogens is 1. The molecule has 7 rings (SSSR count). The van der Waals surface area contributed by atoms with E-state index < -0.39 is 5.54 Å². The molecule has 6 aliphatic rings. The lowest BCUT2D eigenvalue weighted by atomic mass is 9.38. The molecule has 1 aromatic carbocycles. The zero-order chi connectivity index (χ0) is 20.2. The fourth-order valence-electron chi connectivity index (χ4n) is 9.45. The Labute approximate surface area is 195 Å². The Morgan fingerprint density at radius 1 is 1.13 bits per heavy atom. The van der Waals surface area contributed by atoms with Crippen molar-refractivity contribution in [1.82, 2.24) is 0 Å². The Morgan fingerprint density at radius 3 is 2.63 bits per heavy atom. The van der Waals surface area contributed by atoms with Gasteiger partial charge in [0, 0.05) is 24.4 Å². The maximum Gasteiger partial charge on any atom is 0.311 e. The maximum atomic E-state index is 13.3. The summed E-state index contributed by atoms with van der Waals surface area (Å²) < 4.78 is 6.50. The van der Waals surface area contributed by atoms with E-state index >= 15 is 0 Å². The zero-order valence-corrected chi connectivity index (χ0v) is 20.3. The lowest BCUT2D eigenvalue weighted by Gasteiger charge is -2.70. The Hall–Kier alpha value is -1.15. The third kappa shape index (κ3) is 1.95. The molecule has 5 nitrogen and oxygen atoms in total. The van der Waals surface area contributed by atoms with E-state index in [2.05, 4.69) is 30.1 Å². The van der Waals surface area contributed by atoms with Crippen molar-refractivity contribution >= 4 is 17.6 Å². The van der Waals surface area contributed by atoms with Gasteiger partial charge in [0.1, 0.15) is 6.04 Å². The molecule has 6 heteroatoms. The van der Waals surface area contributed by atoms with E-state index in [4.69, 9.17) is 4.74 Å². The third-order valence-corrected chi connectivity index (χ3v) is 9.82. The SMILES string of the molecule is COC(=O)[C@@H]1C[C@@]23CCC[N+]4(C)CC[C@@]5(c6ccccc6N(C(C)=O)[C@@]15CC2)[C@@H]34.[I-]. The Morgan fingerprint density at radius 2 is 1.90 bits per heavy atom. The first-order chi connectivity index (χ1) is 13.9. The topological polar surface area (TPSA) is 46.6 Å². The summed E-state index contributed by atoms with van der Waals surface area (Å²) in [5, 5.41) is 0. The van der Waals surface area contributed by atoms with Crippen molar-refractivity contribution in [1.29, 1.82) is 0 Å². The van der Waals surface area contributed by atoms with Gasteiger partial charge in [-0.2, -0.15) is 0 Å². The van der Waals surface area contributed by atoms with Crippen LogP contribution < -0.4 is 28.9 Å². The van der Waals surface area contributed by atoms with Gasteiger partial charge in [-0.05, 0) is 43.7 Å². The highest BCUT2D eigenvalue weighted by molar-refractivity contribution is 5.99. The summed E-state index contributed by atoms with van der Waals surface area (Å²) in [5.74, 6) is -0.291. The molecule has 0 aromatic heterocycles. The molecule has 162 valence electrons. The molecule has 1 aromatic rings. The lowest BCUT2D eigenvalue weighted by molar-refractivity contribution is -0.939. The van der Waals surface area contributed by atoms with Gasteiger partial charge in [0.15, 0.2) is 0 Å². The summed E-state index contributed by atoms with van der Waals surface area (Å²) in [6.45, 7) is 4.04. The predicted octanol–water partition coefficient (Wildman–Crippen LogP) is 0.0195. The van der Waals surface area contributed by atoms with Crippen molar-refractivity contribution in [2.75, 3.05) is 32.1 Å². The number of carbonyl (C=O) groups is 2. The highest BCUT2D eigenvalue weighted by Crippen LogP contribution is 2.77. The van der Waals surface area contributed by atoms with Crippen molar-refractivity contribution in [3.05, 3.63) is 29.8 Å². The van der Waals surface area contributed by atoms with Gasteiger partial charge < -0.3 is 38.1 Å². The number of esters is 1. The number of ether oxygens (including phenoxy) is 1. The van der Waals surface area contributed by atoms with Crippen molar-refractivity contribution in [2.24, 2.45) is 11.3 Å². The number of para-hydroxylation sites is 1. The number of benzene rings is 1. The van der Waals surface area contributed by atoms with E-state index in [1.165, 1.54) is 32.1 Å². The van der Waals surface area contributed by atoms with Crippen molar-refractivity contribution in [3.8, 4) is 0 Å². The minimum Gasteiger partial charge on any atom is -1.00 e. The number of likely N-dealkylation sites (N-methyl/N-ethyl adjacent to an activating group) is 1. The normalized spacial score (nSPS) is 44.6. The van der Waals surface area contributed by atoms with Gasteiger partial charge in [-0.3, -0.25) is 9.59 Å². The zero-order valence-electron chi connectivity index (χ0n) is 18.1. The second-order valence-corrected chi connectivity index (χ2v) is 10.6. The summed E-state index contributed by atoms with van der Waals surface area (Å²) >= 11 is 0. The molecule has 2 bridgehead atoms. The van der Waals surface area contributed by atoms with Gasteiger partial charge in [-0.25, -0.2) is 0 Å². The summed E-state index contributed by atoms with van der Waals surface area (Å²) in [7, 11) is 3.96. The van der Waals surface area contributed by atoms with Crippen LogP contribution in [0.25, 0.3) is 0 Å². The van der Waals surface area contributed by atoms with Crippen LogP contribution in [0.2, 0.25) is 0 Å². The van der Waals surface area contributed by atoms with Crippen LogP contribution in [0.3, 0.4) is 0 Å². The largest absolute Gasteiger partial charge is 1.00 e. The summed E-state index contributed by atoms with van der Waals surface area (Å²) in [6, 6.07) is 9.02. The molecule has 1 amide bonds. The predicted molar refractivity (Wildman–Crippen MR) is 109 cm³/mol. The van der Waals surface area contributed by atoms with Crippen LogP contribution >= 0.6 is 0 Å². The van der Waals surface area contributed by atoms with Crippen LogP contribution in [-0.4, -0.2) is 55.2 Å². The number of nitrogens with zero attached hydrogens (tertiary/aromatic N) is 2. The van der Waals surface area contributed by atoms with Crippen LogP contribution in [0.5, 0.6) is 0 Å². The molecule has 3 spiro atoms. The summed E-state index contributed by atoms with van der Waals surface area (Å²) in [5.41, 5.74) is 1.94. The Balaban J connectivity index is 0.00000193. The number of hydrogen-bond donors (Lipinski definition) is 0. The van der Waals surface area contributed by atoms with Crippen LogP contribution in [0.15, 0.2) is 24.3 Å². The maximum absolute atomic E-state index is 13.3. The molecular formula is C24H31IN2O3. The number of amides is 1. The molecule has 30 heavy (non-hydrogen) atoms. The number of quaternary nitrogens is 1. The first kappa shape index (κ1) is 20.7. The number of anilines is 1. The molecule has 3 aliphatic heterocycles. The Kier molecular flexibility index (Phi) is 4.29. The van der Waals surface area contributed by atoms with Gasteiger partial charge >= 0.3 is 5.97 Å². The summed E-state index contributed by atoms with van der Waals surface area (Å²) in [6.07, 6.45) is 6.42. The van der Waals surface area contributed by atoms with E-state index in [9.17, 15) is 9.59 Å². The molecule has 6 atom stereocenters. The molecule has 3 heterocycles. The van der Waals surface area contributed by atoms with Crippen molar-refractivity contribution in [3.63, 3.8) is 0 Å². The van der Waals surface area contributed by atoms with Crippen LogP contribution in [0, 0.1) is 11.3 Å². The van der Waals surface area contributed by atoms with Crippen LogP contribution in [0.4, 0.5) is 5.69 Å². The van der Waals surface area contributed by atoms with Gasteiger partial charge in [-0.1, -0.05) is 18.2 Å². The molecule has 5 fully saturated rings. The van der Waals surface area contributed by atoms with E-state index in [0.29, 0.717) is 6.04 Å². The number of fused-ring (bicyclic) bond motifs is 3. The molecule has 2 saturated heterocycles. The summed E-state index contributed by atoms with van der Waals surface area (Å²) in [4.78, 5) is 28.5. The van der Waals surface area contributed by atoms with E-state index in [-0.39, 0.29) is 52.6 Å².